The Hall–Kier alpha value is -2.31. The number of benzene rings is 2. The van der Waals surface area contributed by atoms with Crippen LogP contribution in [0.4, 0.5) is 5.69 Å². The van der Waals surface area contributed by atoms with E-state index in [1.54, 1.807) is 4.90 Å². The Morgan fingerprint density at radius 1 is 1.21 bits per heavy atom. The highest BCUT2D eigenvalue weighted by atomic mass is 35.5. The Morgan fingerprint density at radius 2 is 1.93 bits per heavy atom. The second kappa shape index (κ2) is 9.75. The van der Waals surface area contributed by atoms with Crippen molar-refractivity contribution in [1.29, 1.82) is 0 Å². The van der Waals surface area contributed by atoms with E-state index >= 15 is 0 Å². The summed E-state index contributed by atoms with van der Waals surface area (Å²) in [4.78, 5) is 31.4. The van der Waals surface area contributed by atoms with Crippen molar-refractivity contribution in [1.82, 2.24) is 10.2 Å². The summed E-state index contributed by atoms with van der Waals surface area (Å²) in [7, 11) is 0. The lowest BCUT2D eigenvalue weighted by Gasteiger charge is -2.31. The molecule has 2 aromatic rings. The highest BCUT2D eigenvalue weighted by molar-refractivity contribution is 8.15. The molecule has 1 fully saturated rings. The zero-order valence-corrected chi connectivity index (χ0v) is 17.2. The van der Waals surface area contributed by atoms with E-state index in [0.29, 0.717) is 29.7 Å². The summed E-state index contributed by atoms with van der Waals surface area (Å²) in [6, 6.07) is 17.1. The molecule has 1 N–H and O–H groups in total. The maximum absolute atomic E-state index is 12.8. The van der Waals surface area contributed by atoms with Crippen LogP contribution in [0, 0.1) is 0 Å². The number of rotatable bonds is 6. The summed E-state index contributed by atoms with van der Waals surface area (Å²) in [6.07, 6.45) is 0.855. The van der Waals surface area contributed by atoms with Gasteiger partial charge in [0.15, 0.2) is 5.17 Å². The standard InChI is InChI=1S/C21H22ClN3O2S/c1-2-23-20(27)18-14-19(26)25(13-12-15-8-10-16(22)11-9-15)21(28-18)24-17-6-4-3-5-7-17/h3-11,18H,2,12-14H2,1H3,(H,23,27). The number of amides is 2. The van der Waals surface area contributed by atoms with E-state index in [-0.39, 0.29) is 18.2 Å². The molecule has 0 aliphatic carbocycles. The van der Waals surface area contributed by atoms with Crippen molar-refractivity contribution < 1.29 is 9.59 Å². The SMILES string of the molecule is CCNC(=O)C1CC(=O)N(CCc2ccc(Cl)cc2)C(=Nc2ccccc2)S1. The fourth-order valence-corrected chi connectivity index (χ4v) is 4.13. The summed E-state index contributed by atoms with van der Waals surface area (Å²) in [5.74, 6) is -0.211. The predicted molar refractivity (Wildman–Crippen MR) is 115 cm³/mol. The molecule has 1 atom stereocenters. The molecule has 2 amide bonds. The van der Waals surface area contributed by atoms with Crippen LogP contribution in [0.25, 0.3) is 0 Å². The van der Waals surface area contributed by atoms with Gasteiger partial charge in [0.1, 0.15) is 0 Å². The van der Waals surface area contributed by atoms with Crippen molar-refractivity contribution in [3.8, 4) is 0 Å². The van der Waals surface area contributed by atoms with Crippen molar-refractivity contribution in [2.45, 2.75) is 25.0 Å². The quantitative estimate of drug-likeness (QED) is 0.774. The van der Waals surface area contributed by atoms with Crippen LogP contribution in [0.5, 0.6) is 0 Å². The average Bonchev–Trinajstić information content (AvgIpc) is 2.69. The fraction of sp³-hybridized carbons (Fsp3) is 0.286. The third-order valence-electron chi connectivity index (χ3n) is 4.30. The lowest BCUT2D eigenvalue weighted by atomic mass is 10.1. The summed E-state index contributed by atoms with van der Waals surface area (Å²) >= 11 is 7.29. The highest BCUT2D eigenvalue weighted by Crippen LogP contribution is 2.29. The first-order valence-corrected chi connectivity index (χ1v) is 10.5. The first kappa shape index (κ1) is 20.4. The van der Waals surface area contributed by atoms with Crippen molar-refractivity contribution in [2.24, 2.45) is 4.99 Å². The summed E-state index contributed by atoms with van der Waals surface area (Å²) in [5.41, 5.74) is 1.85. The minimum Gasteiger partial charge on any atom is -0.355 e. The summed E-state index contributed by atoms with van der Waals surface area (Å²) in [6.45, 7) is 2.90. The van der Waals surface area contributed by atoms with Crippen molar-refractivity contribution >= 4 is 46.0 Å². The van der Waals surface area contributed by atoms with E-state index in [1.807, 2.05) is 61.5 Å². The largest absolute Gasteiger partial charge is 0.355 e. The fourth-order valence-electron chi connectivity index (χ4n) is 2.85. The van der Waals surface area contributed by atoms with Crippen LogP contribution in [-0.4, -0.2) is 40.2 Å². The van der Waals surface area contributed by atoms with Crippen LogP contribution in [0.3, 0.4) is 0 Å². The molecule has 1 heterocycles. The van der Waals surface area contributed by atoms with Gasteiger partial charge >= 0.3 is 0 Å². The molecule has 0 radical (unpaired) electrons. The Labute approximate surface area is 174 Å². The van der Waals surface area contributed by atoms with Crippen molar-refractivity contribution in [2.75, 3.05) is 13.1 Å². The molecule has 0 saturated carbocycles. The Balaban J connectivity index is 1.81. The monoisotopic (exact) mass is 415 g/mol. The minimum atomic E-state index is -0.457. The molecule has 3 rings (SSSR count). The van der Waals surface area contributed by atoms with Gasteiger partial charge in [0.2, 0.25) is 11.8 Å². The van der Waals surface area contributed by atoms with Gasteiger partial charge in [-0.15, -0.1) is 0 Å². The van der Waals surface area contributed by atoms with E-state index < -0.39 is 5.25 Å². The molecular formula is C21H22ClN3O2S. The van der Waals surface area contributed by atoms with Gasteiger partial charge < -0.3 is 5.32 Å². The van der Waals surface area contributed by atoms with Gasteiger partial charge in [-0.25, -0.2) is 4.99 Å². The molecule has 5 nitrogen and oxygen atoms in total. The summed E-state index contributed by atoms with van der Waals surface area (Å²) < 4.78 is 0. The lowest BCUT2D eigenvalue weighted by molar-refractivity contribution is -0.130. The van der Waals surface area contributed by atoms with Crippen LogP contribution in [0.1, 0.15) is 18.9 Å². The molecule has 1 unspecified atom stereocenters. The van der Waals surface area contributed by atoms with Crippen LogP contribution < -0.4 is 5.32 Å². The van der Waals surface area contributed by atoms with E-state index in [9.17, 15) is 9.59 Å². The number of carbonyl (C=O) groups is 2. The highest BCUT2D eigenvalue weighted by Gasteiger charge is 2.35. The number of carbonyl (C=O) groups excluding carboxylic acids is 2. The van der Waals surface area contributed by atoms with Gasteiger partial charge in [-0.2, -0.15) is 0 Å². The van der Waals surface area contributed by atoms with Gasteiger partial charge in [0.05, 0.1) is 10.9 Å². The first-order valence-electron chi connectivity index (χ1n) is 9.19. The maximum Gasteiger partial charge on any atom is 0.234 e. The van der Waals surface area contributed by atoms with Gasteiger partial charge in [0.25, 0.3) is 0 Å². The number of thioether (sulfide) groups is 1. The van der Waals surface area contributed by atoms with Crippen LogP contribution >= 0.6 is 23.4 Å². The maximum atomic E-state index is 12.8. The molecular weight excluding hydrogens is 394 g/mol. The van der Waals surface area contributed by atoms with Gasteiger partial charge in [-0.05, 0) is 43.2 Å². The molecule has 1 aliphatic rings. The molecule has 28 heavy (non-hydrogen) atoms. The zero-order chi connectivity index (χ0) is 19.9. The number of halogens is 1. The second-order valence-electron chi connectivity index (χ2n) is 6.36. The molecule has 0 aromatic heterocycles. The van der Waals surface area contributed by atoms with Crippen LogP contribution in [-0.2, 0) is 16.0 Å². The molecule has 1 aliphatic heterocycles. The number of nitrogens with zero attached hydrogens (tertiary/aromatic N) is 2. The Bertz CT molecular complexity index is 856. The van der Waals surface area contributed by atoms with Crippen molar-refractivity contribution in [3.63, 3.8) is 0 Å². The van der Waals surface area contributed by atoms with Gasteiger partial charge in [-0.3, -0.25) is 14.5 Å². The van der Waals surface area contributed by atoms with Crippen LogP contribution in [0.2, 0.25) is 5.02 Å². The second-order valence-corrected chi connectivity index (χ2v) is 7.96. The number of hydrogen-bond donors (Lipinski definition) is 1. The molecule has 7 heteroatoms. The Kier molecular flexibility index (Phi) is 7.12. The lowest BCUT2D eigenvalue weighted by Crippen LogP contribution is -2.47. The molecule has 0 spiro atoms. The third kappa shape index (κ3) is 5.36. The number of nitrogens with one attached hydrogen (secondary N) is 1. The number of para-hydroxylation sites is 1. The normalized spacial score (nSPS) is 18.4. The molecule has 2 aromatic carbocycles. The van der Waals surface area contributed by atoms with Gasteiger partial charge in [0, 0.05) is 24.5 Å². The van der Waals surface area contributed by atoms with Crippen molar-refractivity contribution in [3.05, 3.63) is 65.2 Å². The van der Waals surface area contributed by atoms with E-state index in [2.05, 4.69) is 10.3 Å². The number of hydrogen-bond acceptors (Lipinski definition) is 4. The van der Waals surface area contributed by atoms with E-state index in [1.165, 1.54) is 11.8 Å². The number of amidine groups is 1. The number of aliphatic imine (C=N–C) groups is 1. The molecule has 146 valence electrons. The molecule has 1 saturated heterocycles. The van der Waals surface area contributed by atoms with E-state index in [0.717, 1.165) is 11.3 Å². The minimum absolute atomic E-state index is 0.0846. The Morgan fingerprint density at radius 3 is 2.61 bits per heavy atom. The molecule has 0 bridgehead atoms. The third-order valence-corrected chi connectivity index (χ3v) is 5.74. The summed E-state index contributed by atoms with van der Waals surface area (Å²) in [5, 5.41) is 3.59. The van der Waals surface area contributed by atoms with E-state index in [4.69, 9.17) is 11.6 Å². The van der Waals surface area contributed by atoms with Gasteiger partial charge in [-0.1, -0.05) is 53.7 Å². The first-order chi connectivity index (χ1) is 13.6. The average molecular weight is 416 g/mol. The predicted octanol–water partition coefficient (Wildman–Crippen LogP) is 4.04. The smallest absolute Gasteiger partial charge is 0.234 e. The zero-order valence-electron chi connectivity index (χ0n) is 15.6. The topological polar surface area (TPSA) is 61.8 Å². The van der Waals surface area contributed by atoms with Crippen LogP contribution in [0.15, 0.2) is 59.6 Å².